The summed E-state index contributed by atoms with van der Waals surface area (Å²) in [5.74, 6) is 0.311. The molecule has 146 valence electrons. The molecule has 9 nitrogen and oxygen atoms in total. The van der Waals surface area contributed by atoms with Crippen LogP contribution in [0.4, 0.5) is 5.69 Å². The van der Waals surface area contributed by atoms with Crippen LogP contribution in [-0.2, 0) is 11.3 Å². The van der Waals surface area contributed by atoms with E-state index in [1.165, 1.54) is 15.6 Å². The summed E-state index contributed by atoms with van der Waals surface area (Å²) in [6.45, 7) is 1.76. The molecule has 29 heavy (non-hydrogen) atoms. The molecule has 2 aromatic carbocycles. The second-order valence-corrected chi connectivity index (χ2v) is 6.47. The highest BCUT2D eigenvalue weighted by molar-refractivity contribution is 5.90. The molecule has 9 heteroatoms. The quantitative estimate of drug-likeness (QED) is 0.558. The third kappa shape index (κ3) is 3.70. The standard InChI is InChI=1S/C20H18N6O3/c1-13-5-3-6-14(9-13)22-17(27)11-25-12-21-19-18(20(25)28)23-24-26(19)15-7-4-8-16(10-15)29-2/h3-10,12H,11H2,1-2H3,(H,22,27). The number of hydrogen-bond acceptors (Lipinski definition) is 6. The number of amides is 1. The van der Waals surface area contributed by atoms with Gasteiger partial charge in [-0.25, -0.2) is 4.98 Å². The molecule has 0 saturated carbocycles. The van der Waals surface area contributed by atoms with Gasteiger partial charge in [0.05, 0.1) is 12.8 Å². The zero-order valence-corrected chi connectivity index (χ0v) is 15.9. The summed E-state index contributed by atoms with van der Waals surface area (Å²) in [5, 5.41) is 10.8. The van der Waals surface area contributed by atoms with E-state index in [0.717, 1.165) is 5.56 Å². The van der Waals surface area contributed by atoms with Crippen LogP contribution < -0.4 is 15.6 Å². The van der Waals surface area contributed by atoms with Gasteiger partial charge in [0.25, 0.3) is 5.56 Å². The normalized spacial score (nSPS) is 10.8. The maximum absolute atomic E-state index is 12.7. The van der Waals surface area contributed by atoms with Crippen LogP contribution in [0.25, 0.3) is 16.9 Å². The van der Waals surface area contributed by atoms with E-state index in [1.54, 1.807) is 37.4 Å². The monoisotopic (exact) mass is 390 g/mol. The predicted octanol–water partition coefficient (Wildman–Crippen LogP) is 1.93. The molecule has 4 aromatic rings. The van der Waals surface area contributed by atoms with Crippen LogP contribution >= 0.6 is 0 Å². The first kappa shape index (κ1) is 18.4. The van der Waals surface area contributed by atoms with Crippen LogP contribution in [0.2, 0.25) is 0 Å². The number of nitrogens with zero attached hydrogens (tertiary/aromatic N) is 5. The molecule has 0 aliphatic heterocycles. The van der Waals surface area contributed by atoms with E-state index in [1.807, 2.05) is 25.1 Å². The number of benzene rings is 2. The smallest absolute Gasteiger partial charge is 0.284 e. The summed E-state index contributed by atoms with van der Waals surface area (Å²) in [7, 11) is 1.57. The minimum absolute atomic E-state index is 0.0821. The second-order valence-electron chi connectivity index (χ2n) is 6.47. The lowest BCUT2D eigenvalue weighted by atomic mass is 10.2. The minimum Gasteiger partial charge on any atom is -0.497 e. The molecule has 2 aromatic heterocycles. The fourth-order valence-electron chi connectivity index (χ4n) is 2.95. The lowest BCUT2D eigenvalue weighted by molar-refractivity contribution is -0.116. The molecule has 0 fully saturated rings. The molecule has 0 atom stereocenters. The molecule has 1 N–H and O–H groups in total. The number of carbonyl (C=O) groups excluding carboxylic acids is 1. The summed E-state index contributed by atoms with van der Waals surface area (Å²) in [4.78, 5) is 29.4. The highest BCUT2D eigenvalue weighted by atomic mass is 16.5. The number of ether oxygens (including phenoxy) is 1. The van der Waals surface area contributed by atoms with Gasteiger partial charge in [0.2, 0.25) is 5.91 Å². The van der Waals surface area contributed by atoms with Gasteiger partial charge in [-0.05, 0) is 36.8 Å². The van der Waals surface area contributed by atoms with Crippen molar-refractivity contribution in [2.24, 2.45) is 0 Å². The molecule has 0 saturated heterocycles. The molecule has 0 bridgehead atoms. The maximum atomic E-state index is 12.7. The lowest BCUT2D eigenvalue weighted by Crippen LogP contribution is -2.28. The zero-order valence-electron chi connectivity index (χ0n) is 15.9. The van der Waals surface area contributed by atoms with Crippen molar-refractivity contribution >= 4 is 22.8 Å². The van der Waals surface area contributed by atoms with Gasteiger partial charge in [-0.2, -0.15) is 4.68 Å². The molecule has 4 rings (SSSR count). The Labute approximate surface area is 165 Å². The number of hydrogen-bond donors (Lipinski definition) is 1. The first-order valence-corrected chi connectivity index (χ1v) is 8.87. The van der Waals surface area contributed by atoms with Crippen LogP contribution in [0.3, 0.4) is 0 Å². The first-order chi connectivity index (χ1) is 14.0. The van der Waals surface area contributed by atoms with Crippen LogP contribution in [0.15, 0.2) is 59.7 Å². The SMILES string of the molecule is COc1cccc(-n2nnc3c(=O)n(CC(=O)Nc4cccc(C)c4)cnc32)c1. The zero-order chi connectivity index (χ0) is 20.4. The van der Waals surface area contributed by atoms with Crippen molar-refractivity contribution in [2.45, 2.75) is 13.5 Å². The molecule has 2 heterocycles. The van der Waals surface area contributed by atoms with Gasteiger partial charge in [-0.15, -0.1) is 5.10 Å². The lowest BCUT2D eigenvalue weighted by Gasteiger charge is -2.08. The van der Waals surface area contributed by atoms with Gasteiger partial charge >= 0.3 is 0 Å². The highest BCUT2D eigenvalue weighted by Crippen LogP contribution is 2.18. The van der Waals surface area contributed by atoms with Gasteiger partial charge < -0.3 is 10.1 Å². The largest absolute Gasteiger partial charge is 0.497 e. The highest BCUT2D eigenvalue weighted by Gasteiger charge is 2.15. The molecule has 0 spiro atoms. The van der Waals surface area contributed by atoms with Crippen molar-refractivity contribution in [3.8, 4) is 11.4 Å². The molecule has 1 amide bonds. The Morgan fingerprint density at radius 1 is 1.17 bits per heavy atom. The summed E-state index contributed by atoms with van der Waals surface area (Å²) in [6, 6.07) is 14.6. The number of rotatable bonds is 5. The van der Waals surface area contributed by atoms with Gasteiger partial charge in [-0.3, -0.25) is 14.2 Å². The van der Waals surface area contributed by atoms with Crippen molar-refractivity contribution in [2.75, 3.05) is 12.4 Å². The van der Waals surface area contributed by atoms with E-state index in [9.17, 15) is 9.59 Å². The van der Waals surface area contributed by atoms with Crippen molar-refractivity contribution in [1.29, 1.82) is 0 Å². The summed E-state index contributed by atoms with van der Waals surface area (Å²) >= 11 is 0. The average Bonchev–Trinajstić information content (AvgIpc) is 3.15. The molecular weight excluding hydrogens is 372 g/mol. The number of aromatic nitrogens is 5. The number of carbonyl (C=O) groups is 1. The Morgan fingerprint density at radius 2 is 2.00 bits per heavy atom. The van der Waals surface area contributed by atoms with Crippen molar-refractivity contribution in [3.63, 3.8) is 0 Å². The maximum Gasteiger partial charge on any atom is 0.284 e. The van der Waals surface area contributed by atoms with Crippen LogP contribution in [0.5, 0.6) is 5.75 Å². The Kier molecular flexibility index (Phi) is 4.78. The van der Waals surface area contributed by atoms with E-state index < -0.39 is 5.56 Å². The Morgan fingerprint density at radius 3 is 2.79 bits per heavy atom. The number of anilines is 1. The minimum atomic E-state index is -0.441. The summed E-state index contributed by atoms with van der Waals surface area (Å²) in [6.07, 6.45) is 1.32. The molecule has 0 unspecified atom stereocenters. The molecule has 0 aliphatic rings. The molecule has 0 aliphatic carbocycles. The summed E-state index contributed by atoms with van der Waals surface area (Å²) in [5.41, 5.74) is 2.30. The predicted molar refractivity (Wildman–Crippen MR) is 107 cm³/mol. The van der Waals surface area contributed by atoms with Crippen molar-refractivity contribution in [3.05, 3.63) is 70.8 Å². The van der Waals surface area contributed by atoms with Gasteiger partial charge in [0.15, 0.2) is 11.2 Å². The third-order valence-corrected chi connectivity index (χ3v) is 4.34. The number of nitrogens with one attached hydrogen (secondary N) is 1. The molecular formula is C20H18N6O3. The number of fused-ring (bicyclic) bond motifs is 1. The average molecular weight is 390 g/mol. The Hall–Kier alpha value is -4.01. The van der Waals surface area contributed by atoms with E-state index >= 15 is 0 Å². The van der Waals surface area contributed by atoms with E-state index in [4.69, 9.17) is 4.74 Å². The first-order valence-electron chi connectivity index (χ1n) is 8.87. The fraction of sp³-hybridized carbons (Fsp3) is 0.150. The van der Waals surface area contributed by atoms with Crippen molar-refractivity contribution < 1.29 is 9.53 Å². The fourth-order valence-corrected chi connectivity index (χ4v) is 2.95. The topological polar surface area (TPSA) is 104 Å². The Bertz CT molecular complexity index is 1260. The van der Waals surface area contributed by atoms with Gasteiger partial charge in [-0.1, -0.05) is 23.4 Å². The van der Waals surface area contributed by atoms with Crippen molar-refractivity contribution in [1.82, 2.24) is 24.5 Å². The summed E-state index contributed by atoms with van der Waals surface area (Å²) < 4.78 is 7.88. The van der Waals surface area contributed by atoms with Crippen LogP contribution in [0, 0.1) is 6.92 Å². The Balaban J connectivity index is 1.61. The van der Waals surface area contributed by atoms with E-state index in [-0.39, 0.29) is 18.0 Å². The number of aryl methyl sites for hydroxylation is 1. The van der Waals surface area contributed by atoms with Gasteiger partial charge in [0, 0.05) is 11.8 Å². The van der Waals surface area contributed by atoms with Crippen LogP contribution in [-0.4, -0.2) is 37.6 Å². The second kappa shape index (κ2) is 7.55. The van der Waals surface area contributed by atoms with E-state index in [0.29, 0.717) is 22.8 Å². The number of methoxy groups -OCH3 is 1. The van der Waals surface area contributed by atoms with Gasteiger partial charge in [0.1, 0.15) is 18.6 Å². The third-order valence-electron chi connectivity index (χ3n) is 4.34. The molecule has 0 radical (unpaired) electrons. The van der Waals surface area contributed by atoms with Crippen LogP contribution in [0.1, 0.15) is 5.56 Å². The van der Waals surface area contributed by atoms with E-state index in [2.05, 4.69) is 20.6 Å².